The summed E-state index contributed by atoms with van der Waals surface area (Å²) in [5.41, 5.74) is 0.462. The van der Waals surface area contributed by atoms with Gasteiger partial charge in [0, 0.05) is 19.6 Å². The van der Waals surface area contributed by atoms with E-state index >= 15 is 0 Å². The minimum absolute atomic E-state index is 0.162. The molecular formula is C15H21NO4. The minimum Gasteiger partial charge on any atom is -0.496 e. The largest absolute Gasteiger partial charge is 0.496 e. The van der Waals surface area contributed by atoms with Crippen LogP contribution in [0, 0.1) is 0 Å². The van der Waals surface area contributed by atoms with E-state index in [0.717, 1.165) is 32.8 Å². The molecule has 1 aliphatic heterocycles. The molecule has 5 nitrogen and oxygen atoms in total. The van der Waals surface area contributed by atoms with Crippen LogP contribution in [0.3, 0.4) is 0 Å². The molecule has 1 fully saturated rings. The lowest BCUT2D eigenvalue weighted by Crippen LogP contribution is -2.41. The van der Waals surface area contributed by atoms with Crippen molar-refractivity contribution in [2.24, 2.45) is 0 Å². The second-order valence-electron chi connectivity index (χ2n) is 4.83. The van der Waals surface area contributed by atoms with Gasteiger partial charge in [-0.2, -0.15) is 0 Å². The van der Waals surface area contributed by atoms with E-state index in [2.05, 4.69) is 4.90 Å². The topological polar surface area (TPSA) is 48.0 Å². The lowest BCUT2D eigenvalue weighted by molar-refractivity contribution is 0.000304. The summed E-state index contributed by atoms with van der Waals surface area (Å²) < 4.78 is 15.9. The number of ether oxygens (including phenoxy) is 3. The van der Waals surface area contributed by atoms with E-state index in [0.29, 0.717) is 11.3 Å². The number of carbonyl (C=O) groups excluding carboxylic acids is 1. The molecule has 1 atom stereocenters. The van der Waals surface area contributed by atoms with Crippen molar-refractivity contribution in [3.63, 3.8) is 0 Å². The highest BCUT2D eigenvalue weighted by molar-refractivity contribution is 5.92. The number of benzene rings is 1. The third kappa shape index (κ3) is 3.95. The van der Waals surface area contributed by atoms with Gasteiger partial charge in [-0.25, -0.2) is 4.79 Å². The van der Waals surface area contributed by atoms with E-state index < -0.39 is 0 Å². The monoisotopic (exact) mass is 279 g/mol. The van der Waals surface area contributed by atoms with Gasteiger partial charge in [-0.05, 0) is 19.1 Å². The smallest absolute Gasteiger partial charge is 0.342 e. The third-order valence-electron chi connectivity index (χ3n) is 3.25. The molecular weight excluding hydrogens is 258 g/mol. The zero-order valence-electron chi connectivity index (χ0n) is 12.0. The molecule has 1 aliphatic rings. The van der Waals surface area contributed by atoms with Gasteiger partial charge in [-0.3, -0.25) is 4.90 Å². The fourth-order valence-electron chi connectivity index (χ4n) is 2.24. The lowest BCUT2D eigenvalue weighted by atomic mass is 10.2. The number of carbonyl (C=O) groups is 1. The van der Waals surface area contributed by atoms with Gasteiger partial charge >= 0.3 is 5.97 Å². The van der Waals surface area contributed by atoms with Gasteiger partial charge in [-0.1, -0.05) is 12.1 Å². The number of hydrogen-bond acceptors (Lipinski definition) is 5. The summed E-state index contributed by atoms with van der Waals surface area (Å²) in [6.07, 6.45) is -0.162. The lowest BCUT2D eigenvalue weighted by Gasteiger charge is -2.28. The maximum Gasteiger partial charge on any atom is 0.342 e. The van der Waals surface area contributed by atoms with E-state index in [1.165, 1.54) is 0 Å². The predicted octanol–water partition coefficient (Wildman–Crippen LogP) is 1.57. The van der Waals surface area contributed by atoms with Crippen LogP contribution in [0.25, 0.3) is 0 Å². The van der Waals surface area contributed by atoms with Gasteiger partial charge in [-0.15, -0.1) is 0 Å². The van der Waals surface area contributed by atoms with E-state index in [1.807, 2.05) is 13.0 Å². The summed E-state index contributed by atoms with van der Waals surface area (Å²) >= 11 is 0. The molecule has 0 bridgehead atoms. The standard InChI is InChI=1S/C15H21NO4/c1-12(11-16-7-9-19-10-8-16)20-15(17)13-5-3-4-6-14(13)18-2/h3-6,12H,7-11H2,1-2H3/t12-/m0/s1. The minimum atomic E-state index is -0.344. The maximum atomic E-state index is 12.1. The Labute approximate surface area is 119 Å². The molecule has 0 saturated carbocycles. The Kier molecular flexibility index (Phi) is 5.38. The highest BCUT2D eigenvalue weighted by Gasteiger charge is 2.19. The van der Waals surface area contributed by atoms with Crippen LogP contribution in [0.5, 0.6) is 5.75 Å². The number of morpholine rings is 1. The first-order valence-electron chi connectivity index (χ1n) is 6.85. The van der Waals surface area contributed by atoms with Crippen molar-refractivity contribution in [1.82, 2.24) is 4.90 Å². The molecule has 1 heterocycles. The number of rotatable bonds is 5. The van der Waals surface area contributed by atoms with Crippen molar-refractivity contribution >= 4 is 5.97 Å². The molecule has 5 heteroatoms. The fourth-order valence-corrected chi connectivity index (χ4v) is 2.24. The van der Waals surface area contributed by atoms with E-state index in [4.69, 9.17) is 14.2 Å². The van der Waals surface area contributed by atoms with E-state index in [9.17, 15) is 4.79 Å². The maximum absolute atomic E-state index is 12.1. The van der Waals surface area contributed by atoms with Crippen LogP contribution in [0.1, 0.15) is 17.3 Å². The van der Waals surface area contributed by atoms with Crippen LogP contribution >= 0.6 is 0 Å². The number of para-hydroxylation sites is 1. The van der Waals surface area contributed by atoms with Crippen molar-refractivity contribution in [3.05, 3.63) is 29.8 Å². The second-order valence-corrected chi connectivity index (χ2v) is 4.83. The van der Waals surface area contributed by atoms with Crippen molar-refractivity contribution in [2.75, 3.05) is 40.0 Å². The summed E-state index contributed by atoms with van der Waals surface area (Å²) in [6.45, 7) is 5.89. The quantitative estimate of drug-likeness (QED) is 0.766. The summed E-state index contributed by atoms with van der Waals surface area (Å²) in [6, 6.07) is 7.09. The van der Waals surface area contributed by atoms with Gasteiger partial charge < -0.3 is 14.2 Å². The average molecular weight is 279 g/mol. The van der Waals surface area contributed by atoms with Crippen molar-refractivity contribution in [2.45, 2.75) is 13.0 Å². The van der Waals surface area contributed by atoms with E-state index in [-0.39, 0.29) is 12.1 Å². The number of methoxy groups -OCH3 is 1. The van der Waals surface area contributed by atoms with Gasteiger partial charge in [0.25, 0.3) is 0 Å². The number of nitrogens with zero attached hydrogens (tertiary/aromatic N) is 1. The number of hydrogen-bond donors (Lipinski definition) is 0. The predicted molar refractivity (Wildman–Crippen MR) is 75.1 cm³/mol. The Morgan fingerprint density at radius 2 is 2.05 bits per heavy atom. The normalized spacial score (nSPS) is 17.5. The number of esters is 1. The van der Waals surface area contributed by atoms with Gasteiger partial charge in [0.1, 0.15) is 17.4 Å². The van der Waals surface area contributed by atoms with Crippen LogP contribution in [0.2, 0.25) is 0 Å². The summed E-state index contributed by atoms with van der Waals surface area (Å²) in [4.78, 5) is 14.4. The zero-order chi connectivity index (χ0) is 14.4. The first kappa shape index (κ1) is 14.8. The second kappa shape index (κ2) is 7.26. The Morgan fingerprint density at radius 3 is 2.75 bits per heavy atom. The first-order chi connectivity index (χ1) is 9.70. The SMILES string of the molecule is COc1ccccc1C(=O)O[C@@H](C)CN1CCOCC1. The molecule has 110 valence electrons. The van der Waals surface area contributed by atoms with Gasteiger partial charge in [0.2, 0.25) is 0 Å². The summed E-state index contributed by atoms with van der Waals surface area (Å²) in [7, 11) is 1.54. The zero-order valence-corrected chi connectivity index (χ0v) is 12.0. The summed E-state index contributed by atoms with van der Waals surface area (Å²) in [5.74, 6) is 0.194. The molecule has 0 amide bonds. The highest BCUT2D eigenvalue weighted by Crippen LogP contribution is 2.19. The molecule has 0 N–H and O–H groups in total. The Bertz CT molecular complexity index is 443. The molecule has 20 heavy (non-hydrogen) atoms. The molecule has 1 saturated heterocycles. The van der Waals surface area contributed by atoms with Crippen LogP contribution in [-0.4, -0.2) is 56.9 Å². The fraction of sp³-hybridized carbons (Fsp3) is 0.533. The molecule has 0 aromatic heterocycles. The molecule has 0 spiro atoms. The molecule has 0 radical (unpaired) electrons. The Hall–Kier alpha value is -1.59. The molecule has 0 unspecified atom stereocenters. The van der Waals surface area contributed by atoms with Crippen LogP contribution in [0.15, 0.2) is 24.3 Å². The third-order valence-corrected chi connectivity index (χ3v) is 3.25. The first-order valence-corrected chi connectivity index (χ1v) is 6.85. The van der Waals surface area contributed by atoms with Crippen molar-refractivity contribution < 1.29 is 19.0 Å². The van der Waals surface area contributed by atoms with Crippen LogP contribution < -0.4 is 4.74 Å². The van der Waals surface area contributed by atoms with Crippen molar-refractivity contribution in [1.29, 1.82) is 0 Å². The molecule has 0 aliphatic carbocycles. The van der Waals surface area contributed by atoms with Crippen molar-refractivity contribution in [3.8, 4) is 5.75 Å². The van der Waals surface area contributed by atoms with Crippen LogP contribution in [0.4, 0.5) is 0 Å². The van der Waals surface area contributed by atoms with Gasteiger partial charge in [0.15, 0.2) is 0 Å². The Morgan fingerprint density at radius 1 is 1.35 bits per heavy atom. The summed E-state index contributed by atoms with van der Waals surface area (Å²) in [5, 5.41) is 0. The van der Waals surface area contributed by atoms with Gasteiger partial charge in [0.05, 0.1) is 20.3 Å². The molecule has 1 aromatic rings. The highest BCUT2D eigenvalue weighted by atomic mass is 16.5. The average Bonchev–Trinajstić information content (AvgIpc) is 2.48. The van der Waals surface area contributed by atoms with E-state index in [1.54, 1.807) is 25.3 Å². The molecule has 1 aromatic carbocycles. The Balaban J connectivity index is 1.89. The molecule has 2 rings (SSSR count). The van der Waals surface area contributed by atoms with Crippen LogP contribution in [-0.2, 0) is 9.47 Å².